The summed E-state index contributed by atoms with van der Waals surface area (Å²) in [6, 6.07) is 14.1. The van der Waals surface area contributed by atoms with Crippen LogP contribution in [0.2, 0.25) is 0 Å². The molecule has 0 aliphatic heterocycles. The number of imidazole rings is 1. The number of nitro groups is 1. The molecule has 22 heavy (non-hydrogen) atoms. The molecule has 0 fully saturated rings. The molecule has 0 aliphatic carbocycles. The number of nitriles is 1. The molecule has 2 aromatic heterocycles. The maximum Gasteiger partial charge on any atom is 0.269 e. The number of nitrogens with zero attached hydrogens (tertiary/aromatic N) is 4. The van der Waals surface area contributed by atoms with Crippen molar-refractivity contribution in [1.82, 2.24) is 9.38 Å². The number of fused-ring (bicyclic) bond motifs is 1. The Bertz CT molecular complexity index is 891. The van der Waals surface area contributed by atoms with Gasteiger partial charge in [0.1, 0.15) is 5.65 Å². The smallest absolute Gasteiger partial charge is 0.269 e. The Balaban J connectivity index is 2.21. The Kier molecular flexibility index (Phi) is 3.31. The summed E-state index contributed by atoms with van der Waals surface area (Å²) in [6.45, 7) is 1.81. The number of benzene rings is 1. The lowest BCUT2D eigenvalue weighted by Gasteiger charge is -2.06. The van der Waals surface area contributed by atoms with Crippen LogP contribution in [0.3, 0.4) is 0 Å². The van der Waals surface area contributed by atoms with E-state index in [0.717, 1.165) is 16.9 Å². The Morgan fingerprint density at radius 2 is 2.00 bits per heavy atom. The van der Waals surface area contributed by atoms with Gasteiger partial charge in [0.15, 0.2) is 0 Å². The van der Waals surface area contributed by atoms with Gasteiger partial charge >= 0.3 is 0 Å². The molecular formula is C16H12N4O2. The molecule has 0 spiro atoms. The number of hydrogen-bond donors (Lipinski definition) is 0. The molecule has 0 saturated heterocycles. The highest BCUT2D eigenvalue weighted by atomic mass is 16.6. The summed E-state index contributed by atoms with van der Waals surface area (Å²) in [5.41, 5.74) is 2.99. The predicted octanol–water partition coefficient (Wildman–Crippen LogP) is 3.54. The van der Waals surface area contributed by atoms with Crippen molar-refractivity contribution in [3.05, 3.63) is 64.5 Å². The minimum atomic E-state index is -0.438. The van der Waals surface area contributed by atoms with Crippen molar-refractivity contribution in [1.29, 1.82) is 5.26 Å². The zero-order chi connectivity index (χ0) is 15.7. The number of pyridine rings is 1. The van der Waals surface area contributed by atoms with Gasteiger partial charge in [0.2, 0.25) is 0 Å². The second kappa shape index (κ2) is 5.30. The van der Waals surface area contributed by atoms with Crippen LogP contribution >= 0.6 is 0 Å². The summed E-state index contributed by atoms with van der Waals surface area (Å²) >= 11 is 0. The van der Waals surface area contributed by atoms with Crippen LogP contribution in [-0.4, -0.2) is 14.3 Å². The predicted molar refractivity (Wildman–Crippen MR) is 81.3 cm³/mol. The molecule has 1 unspecified atom stereocenters. The molecule has 0 aliphatic rings. The van der Waals surface area contributed by atoms with E-state index in [1.165, 1.54) is 12.1 Å². The van der Waals surface area contributed by atoms with E-state index < -0.39 is 4.92 Å². The van der Waals surface area contributed by atoms with Gasteiger partial charge in [-0.2, -0.15) is 5.26 Å². The molecule has 3 rings (SSSR count). The fourth-order valence-corrected chi connectivity index (χ4v) is 2.44. The number of aromatic nitrogens is 2. The van der Waals surface area contributed by atoms with Gasteiger partial charge in [-0.1, -0.05) is 6.07 Å². The minimum absolute atomic E-state index is 0.0300. The van der Waals surface area contributed by atoms with Crippen molar-refractivity contribution in [2.24, 2.45) is 0 Å². The summed E-state index contributed by atoms with van der Waals surface area (Å²) in [5.74, 6) is -0.345. The van der Waals surface area contributed by atoms with Crippen molar-refractivity contribution in [3.63, 3.8) is 0 Å². The molecule has 6 heteroatoms. The molecular weight excluding hydrogens is 280 g/mol. The van der Waals surface area contributed by atoms with Gasteiger partial charge in [-0.15, -0.1) is 0 Å². The first kappa shape index (κ1) is 13.8. The Morgan fingerprint density at radius 1 is 1.27 bits per heavy atom. The highest BCUT2D eigenvalue weighted by molar-refractivity contribution is 5.68. The normalized spacial score (nSPS) is 12.0. The van der Waals surface area contributed by atoms with Crippen molar-refractivity contribution < 1.29 is 4.92 Å². The number of non-ortho nitro benzene ring substituents is 1. The second-order valence-electron chi connectivity index (χ2n) is 4.93. The number of nitro benzene ring substituents is 1. The van der Waals surface area contributed by atoms with Crippen LogP contribution in [0.15, 0.2) is 48.7 Å². The molecule has 108 valence electrons. The summed E-state index contributed by atoms with van der Waals surface area (Å²) in [5, 5.41) is 20.0. The largest absolute Gasteiger partial charge is 0.302 e. The fourth-order valence-electron chi connectivity index (χ4n) is 2.44. The van der Waals surface area contributed by atoms with Crippen LogP contribution in [0.25, 0.3) is 16.9 Å². The van der Waals surface area contributed by atoms with Gasteiger partial charge in [0.25, 0.3) is 5.69 Å². The van der Waals surface area contributed by atoms with E-state index in [9.17, 15) is 15.4 Å². The topological polar surface area (TPSA) is 84.2 Å². The van der Waals surface area contributed by atoms with Crippen LogP contribution in [0.4, 0.5) is 5.69 Å². The molecule has 0 radical (unpaired) electrons. The van der Waals surface area contributed by atoms with E-state index in [1.54, 1.807) is 12.1 Å². The average molecular weight is 292 g/mol. The van der Waals surface area contributed by atoms with E-state index in [-0.39, 0.29) is 11.6 Å². The van der Waals surface area contributed by atoms with Gasteiger partial charge in [0.05, 0.1) is 28.3 Å². The van der Waals surface area contributed by atoms with Crippen LogP contribution in [-0.2, 0) is 0 Å². The second-order valence-corrected chi connectivity index (χ2v) is 4.93. The number of hydrogen-bond acceptors (Lipinski definition) is 4. The van der Waals surface area contributed by atoms with Gasteiger partial charge < -0.3 is 4.40 Å². The quantitative estimate of drug-likeness (QED) is 0.546. The van der Waals surface area contributed by atoms with Crippen LogP contribution in [0, 0.1) is 21.4 Å². The summed E-state index contributed by atoms with van der Waals surface area (Å²) in [6.07, 6.45) is 1.86. The van der Waals surface area contributed by atoms with Crippen molar-refractivity contribution in [3.8, 4) is 17.3 Å². The van der Waals surface area contributed by atoms with E-state index >= 15 is 0 Å². The molecule has 2 heterocycles. The first-order valence-corrected chi connectivity index (χ1v) is 6.73. The van der Waals surface area contributed by atoms with Gasteiger partial charge in [-0.25, -0.2) is 4.98 Å². The molecule has 1 atom stereocenters. The SMILES string of the molecule is CC(C#N)c1c(-c2ccc([N+](=O)[O-])cc2)nc2ccccn12. The van der Waals surface area contributed by atoms with Crippen LogP contribution in [0.5, 0.6) is 0 Å². The zero-order valence-corrected chi connectivity index (χ0v) is 11.8. The maximum atomic E-state index is 10.8. The summed E-state index contributed by atoms with van der Waals surface area (Å²) in [7, 11) is 0. The molecule has 0 N–H and O–H groups in total. The van der Waals surface area contributed by atoms with Crippen molar-refractivity contribution >= 4 is 11.3 Å². The third-order valence-electron chi connectivity index (χ3n) is 3.52. The summed E-state index contributed by atoms with van der Waals surface area (Å²) in [4.78, 5) is 14.9. The van der Waals surface area contributed by atoms with E-state index in [2.05, 4.69) is 11.1 Å². The lowest BCUT2D eigenvalue weighted by molar-refractivity contribution is -0.384. The van der Waals surface area contributed by atoms with E-state index in [1.807, 2.05) is 35.7 Å². The van der Waals surface area contributed by atoms with Gasteiger partial charge in [-0.05, 0) is 31.2 Å². The highest BCUT2D eigenvalue weighted by Gasteiger charge is 2.19. The third kappa shape index (κ3) is 2.19. The fraction of sp³-hybridized carbons (Fsp3) is 0.125. The standard InChI is InChI=1S/C16H12N4O2/c1-11(10-17)16-15(18-14-4-2-3-9-19(14)16)12-5-7-13(8-6-12)20(21)22/h2-9,11H,1H3. The molecule has 1 aromatic carbocycles. The van der Waals surface area contributed by atoms with E-state index in [4.69, 9.17) is 0 Å². The minimum Gasteiger partial charge on any atom is -0.302 e. The third-order valence-corrected chi connectivity index (χ3v) is 3.52. The average Bonchev–Trinajstić information content (AvgIpc) is 2.93. The lowest BCUT2D eigenvalue weighted by atomic mass is 10.0. The zero-order valence-electron chi connectivity index (χ0n) is 11.8. The van der Waals surface area contributed by atoms with Crippen molar-refractivity contribution in [2.45, 2.75) is 12.8 Å². The molecule has 0 saturated carbocycles. The Labute approximate surface area is 126 Å². The first-order valence-electron chi connectivity index (χ1n) is 6.73. The monoisotopic (exact) mass is 292 g/mol. The molecule has 0 amide bonds. The molecule has 3 aromatic rings. The Morgan fingerprint density at radius 3 is 2.64 bits per heavy atom. The van der Waals surface area contributed by atoms with Crippen LogP contribution in [0.1, 0.15) is 18.5 Å². The summed E-state index contributed by atoms with van der Waals surface area (Å²) < 4.78 is 1.88. The van der Waals surface area contributed by atoms with Crippen LogP contribution < -0.4 is 0 Å². The first-order chi connectivity index (χ1) is 10.6. The highest BCUT2D eigenvalue weighted by Crippen LogP contribution is 2.30. The molecule has 6 nitrogen and oxygen atoms in total. The van der Waals surface area contributed by atoms with Gasteiger partial charge in [0, 0.05) is 23.9 Å². The lowest BCUT2D eigenvalue weighted by Crippen LogP contribution is -1.98. The van der Waals surface area contributed by atoms with E-state index in [0.29, 0.717) is 5.69 Å². The van der Waals surface area contributed by atoms with Gasteiger partial charge in [-0.3, -0.25) is 10.1 Å². The van der Waals surface area contributed by atoms with Crippen molar-refractivity contribution in [2.75, 3.05) is 0 Å². The molecule has 0 bridgehead atoms. The maximum absolute atomic E-state index is 10.8. The Hall–Kier alpha value is -3.20. The number of rotatable bonds is 3.